The third-order valence-corrected chi connectivity index (χ3v) is 3.06. The van der Waals surface area contributed by atoms with Gasteiger partial charge in [0.1, 0.15) is 0 Å². The van der Waals surface area contributed by atoms with Crippen LogP contribution < -0.4 is 11.5 Å². The van der Waals surface area contributed by atoms with E-state index < -0.39 is 0 Å². The van der Waals surface area contributed by atoms with Gasteiger partial charge in [-0.25, -0.2) is 0 Å². The summed E-state index contributed by atoms with van der Waals surface area (Å²) < 4.78 is 0.838. The van der Waals surface area contributed by atoms with Gasteiger partial charge in [0.25, 0.3) is 0 Å². The predicted molar refractivity (Wildman–Crippen MR) is 55.1 cm³/mol. The summed E-state index contributed by atoms with van der Waals surface area (Å²) in [5.41, 5.74) is 12.1. The van der Waals surface area contributed by atoms with E-state index in [0.717, 1.165) is 10.0 Å². The molecule has 0 heterocycles. The van der Waals surface area contributed by atoms with Gasteiger partial charge in [-0.2, -0.15) is 0 Å². The Kier molecular flexibility index (Phi) is 3.53. The van der Waals surface area contributed by atoms with E-state index in [0.29, 0.717) is 11.6 Å². The van der Waals surface area contributed by atoms with Crippen molar-refractivity contribution in [1.29, 1.82) is 0 Å². The van der Waals surface area contributed by atoms with Crippen molar-refractivity contribution in [2.24, 2.45) is 11.5 Å². The third kappa shape index (κ3) is 1.98. The molecule has 4 heteroatoms. The maximum atomic E-state index is 5.87. The van der Waals surface area contributed by atoms with Gasteiger partial charge in [-0.1, -0.05) is 23.7 Å². The van der Waals surface area contributed by atoms with Crippen molar-refractivity contribution in [3.63, 3.8) is 0 Å². The van der Waals surface area contributed by atoms with Crippen molar-refractivity contribution in [3.8, 4) is 0 Å². The lowest BCUT2D eigenvalue weighted by atomic mass is 10.1. The second kappa shape index (κ2) is 4.23. The largest absolute Gasteiger partial charge is 0.329 e. The van der Waals surface area contributed by atoms with E-state index in [1.54, 1.807) is 6.07 Å². The van der Waals surface area contributed by atoms with E-state index in [2.05, 4.69) is 15.9 Å². The standard InChI is InChI=1S/C8H10BrClN2/c9-8-5(7(12)4-11)2-1-3-6(8)10/h1-3,7H,4,11-12H2/t7-/m0/s1. The zero-order chi connectivity index (χ0) is 9.14. The van der Waals surface area contributed by atoms with Crippen LogP contribution in [-0.4, -0.2) is 6.54 Å². The molecule has 0 aliphatic carbocycles. The summed E-state index contributed by atoms with van der Waals surface area (Å²) in [6, 6.07) is 5.42. The Morgan fingerprint density at radius 1 is 1.50 bits per heavy atom. The van der Waals surface area contributed by atoms with E-state index in [4.69, 9.17) is 23.1 Å². The number of benzene rings is 1. The van der Waals surface area contributed by atoms with E-state index in [9.17, 15) is 0 Å². The Bertz CT molecular complexity index is 278. The molecule has 0 amide bonds. The van der Waals surface area contributed by atoms with Gasteiger partial charge in [0.2, 0.25) is 0 Å². The molecular formula is C8H10BrClN2. The Hall–Kier alpha value is -0.0900. The highest BCUT2D eigenvalue weighted by molar-refractivity contribution is 9.10. The first-order chi connectivity index (χ1) is 5.66. The molecule has 12 heavy (non-hydrogen) atoms. The first-order valence-electron chi connectivity index (χ1n) is 3.56. The quantitative estimate of drug-likeness (QED) is 0.843. The highest BCUT2D eigenvalue weighted by Crippen LogP contribution is 2.28. The SMILES string of the molecule is NC[C@H](N)c1cccc(Cl)c1Br. The lowest BCUT2D eigenvalue weighted by Crippen LogP contribution is -2.21. The summed E-state index contributed by atoms with van der Waals surface area (Å²) in [6.07, 6.45) is 0. The molecule has 0 aromatic heterocycles. The van der Waals surface area contributed by atoms with Gasteiger partial charge < -0.3 is 11.5 Å². The Morgan fingerprint density at radius 2 is 2.17 bits per heavy atom. The summed E-state index contributed by atoms with van der Waals surface area (Å²) in [6.45, 7) is 0.416. The average Bonchev–Trinajstić information content (AvgIpc) is 2.08. The van der Waals surface area contributed by atoms with Crippen LogP contribution in [0.5, 0.6) is 0 Å². The zero-order valence-electron chi connectivity index (χ0n) is 6.43. The van der Waals surface area contributed by atoms with E-state index in [1.807, 2.05) is 12.1 Å². The highest BCUT2D eigenvalue weighted by atomic mass is 79.9. The van der Waals surface area contributed by atoms with Crippen molar-refractivity contribution in [2.75, 3.05) is 6.54 Å². The molecule has 0 bridgehead atoms. The van der Waals surface area contributed by atoms with Gasteiger partial charge in [-0.05, 0) is 27.6 Å². The normalized spacial score (nSPS) is 13.0. The topological polar surface area (TPSA) is 52.0 Å². The second-order valence-corrected chi connectivity index (χ2v) is 3.69. The summed E-state index contributed by atoms with van der Waals surface area (Å²) in [4.78, 5) is 0. The Morgan fingerprint density at radius 3 is 2.75 bits per heavy atom. The second-order valence-electron chi connectivity index (χ2n) is 2.49. The van der Waals surface area contributed by atoms with Crippen LogP contribution in [-0.2, 0) is 0 Å². The Labute approximate surface area is 85.0 Å². The van der Waals surface area contributed by atoms with Crippen LogP contribution in [0.4, 0.5) is 0 Å². The molecule has 66 valence electrons. The van der Waals surface area contributed by atoms with Crippen molar-refractivity contribution < 1.29 is 0 Å². The van der Waals surface area contributed by atoms with Crippen molar-refractivity contribution in [2.45, 2.75) is 6.04 Å². The van der Waals surface area contributed by atoms with Crippen molar-refractivity contribution in [1.82, 2.24) is 0 Å². The van der Waals surface area contributed by atoms with Crippen LogP contribution in [0.3, 0.4) is 0 Å². The van der Waals surface area contributed by atoms with Crippen molar-refractivity contribution in [3.05, 3.63) is 33.3 Å². The molecular weight excluding hydrogens is 239 g/mol. The highest BCUT2D eigenvalue weighted by Gasteiger charge is 2.09. The maximum absolute atomic E-state index is 5.87. The minimum atomic E-state index is -0.155. The number of rotatable bonds is 2. The number of halogens is 2. The molecule has 0 aliphatic heterocycles. The van der Waals surface area contributed by atoms with Gasteiger partial charge in [-0.3, -0.25) is 0 Å². The average molecular weight is 250 g/mol. The molecule has 1 aromatic carbocycles. The monoisotopic (exact) mass is 248 g/mol. The summed E-state index contributed by atoms with van der Waals surface area (Å²) in [5, 5.41) is 0.663. The summed E-state index contributed by atoms with van der Waals surface area (Å²) in [7, 11) is 0. The first kappa shape index (κ1) is 9.99. The Balaban J connectivity index is 3.07. The van der Waals surface area contributed by atoms with E-state index in [1.165, 1.54) is 0 Å². The lowest BCUT2D eigenvalue weighted by molar-refractivity contribution is 0.733. The number of hydrogen-bond donors (Lipinski definition) is 2. The first-order valence-corrected chi connectivity index (χ1v) is 4.73. The molecule has 0 spiro atoms. The molecule has 4 N–H and O–H groups in total. The molecule has 1 atom stereocenters. The fraction of sp³-hybridized carbons (Fsp3) is 0.250. The molecule has 1 rings (SSSR count). The fourth-order valence-corrected chi connectivity index (χ4v) is 1.67. The molecule has 0 fully saturated rings. The fourth-order valence-electron chi connectivity index (χ4n) is 0.934. The van der Waals surface area contributed by atoms with Crippen molar-refractivity contribution >= 4 is 27.5 Å². The van der Waals surface area contributed by atoms with Gasteiger partial charge in [0.15, 0.2) is 0 Å². The molecule has 0 unspecified atom stereocenters. The van der Waals surface area contributed by atoms with E-state index in [-0.39, 0.29) is 6.04 Å². The number of hydrogen-bond acceptors (Lipinski definition) is 2. The lowest BCUT2D eigenvalue weighted by Gasteiger charge is -2.11. The van der Waals surface area contributed by atoms with Crippen LogP contribution >= 0.6 is 27.5 Å². The molecule has 0 saturated heterocycles. The van der Waals surface area contributed by atoms with Gasteiger partial charge in [-0.15, -0.1) is 0 Å². The number of nitrogens with two attached hydrogens (primary N) is 2. The minimum Gasteiger partial charge on any atom is -0.329 e. The van der Waals surface area contributed by atoms with Gasteiger partial charge >= 0.3 is 0 Å². The van der Waals surface area contributed by atoms with Crippen LogP contribution in [0, 0.1) is 0 Å². The minimum absolute atomic E-state index is 0.155. The summed E-state index contributed by atoms with van der Waals surface area (Å²) in [5.74, 6) is 0. The molecule has 0 saturated carbocycles. The molecule has 0 aliphatic rings. The van der Waals surface area contributed by atoms with Gasteiger partial charge in [0.05, 0.1) is 5.02 Å². The molecule has 0 radical (unpaired) electrons. The molecule has 1 aromatic rings. The van der Waals surface area contributed by atoms with Crippen LogP contribution in [0.15, 0.2) is 22.7 Å². The third-order valence-electron chi connectivity index (χ3n) is 1.63. The van der Waals surface area contributed by atoms with Crippen LogP contribution in [0.25, 0.3) is 0 Å². The van der Waals surface area contributed by atoms with Crippen LogP contribution in [0.2, 0.25) is 5.02 Å². The predicted octanol–water partition coefficient (Wildman–Crippen LogP) is 2.06. The smallest absolute Gasteiger partial charge is 0.0551 e. The van der Waals surface area contributed by atoms with Gasteiger partial charge in [0, 0.05) is 17.1 Å². The summed E-state index contributed by atoms with van der Waals surface area (Å²) >= 11 is 9.23. The molecule has 2 nitrogen and oxygen atoms in total. The van der Waals surface area contributed by atoms with E-state index >= 15 is 0 Å². The zero-order valence-corrected chi connectivity index (χ0v) is 8.77. The van der Waals surface area contributed by atoms with Crippen LogP contribution in [0.1, 0.15) is 11.6 Å². The maximum Gasteiger partial charge on any atom is 0.0551 e.